The number of hydrogen-bond acceptors (Lipinski definition) is 8. The molecule has 4 rings (SSSR count). The molecule has 1 aromatic carbocycles. The predicted octanol–water partition coefficient (Wildman–Crippen LogP) is 4.92. The van der Waals surface area contributed by atoms with Crippen LogP contribution in [0.5, 0.6) is 0 Å². The number of rotatable bonds is 4. The fraction of sp³-hybridized carbons (Fsp3) is 0.364. The summed E-state index contributed by atoms with van der Waals surface area (Å²) in [6.45, 7) is 2.77. The van der Waals surface area contributed by atoms with Crippen LogP contribution in [0.3, 0.4) is 0 Å². The Morgan fingerprint density at radius 3 is 2.41 bits per heavy atom. The third-order valence-corrected chi connectivity index (χ3v) is 6.53. The van der Waals surface area contributed by atoms with E-state index in [2.05, 4.69) is 17.2 Å². The van der Waals surface area contributed by atoms with Crippen LogP contribution < -0.4 is 15.7 Å². The molecule has 0 aliphatic carbocycles. The smallest absolute Gasteiger partial charge is 0.228 e. The highest BCUT2D eigenvalue weighted by Gasteiger charge is 2.31. The summed E-state index contributed by atoms with van der Waals surface area (Å²) >= 11 is 14.6. The van der Waals surface area contributed by atoms with Gasteiger partial charge in [0.05, 0.1) is 5.56 Å². The number of nitrogens with one attached hydrogen (secondary N) is 1. The second kappa shape index (κ2) is 9.21. The van der Waals surface area contributed by atoms with Crippen molar-refractivity contribution < 1.29 is 0 Å². The van der Waals surface area contributed by atoms with Crippen LogP contribution in [0.15, 0.2) is 34.3 Å². The Balaban J connectivity index is 2.12. The molecule has 0 saturated heterocycles. The first-order chi connectivity index (χ1) is 15.3. The third-order valence-electron chi connectivity index (χ3n) is 4.95. The first kappa shape index (κ1) is 22.8. The van der Waals surface area contributed by atoms with Crippen molar-refractivity contribution in [3.63, 3.8) is 0 Å². The normalized spacial score (nSPS) is 15.9. The van der Waals surface area contributed by atoms with Crippen LogP contribution in [0.2, 0.25) is 5.02 Å². The summed E-state index contributed by atoms with van der Waals surface area (Å²) in [5.41, 5.74) is 3.77. The molecule has 32 heavy (non-hydrogen) atoms. The molecule has 0 fully saturated rings. The van der Waals surface area contributed by atoms with Crippen molar-refractivity contribution in [2.45, 2.75) is 18.8 Å². The lowest BCUT2D eigenvalue weighted by Gasteiger charge is -2.29. The van der Waals surface area contributed by atoms with Gasteiger partial charge in [0, 0.05) is 50.9 Å². The van der Waals surface area contributed by atoms with Crippen LogP contribution >= 0.6 is 34.5 Å². The van der Waals surface area contributed by atoms with Gasteiger partial charge in [-0.15, -0.1) is 0 Å². The predicted molar refractivity (Wildman–Crippen MR) is 135 cm³/mol. The summed E-state index contributed by atoms with van der Waals surface area (Å²) in [5, 5.41) is 5.84. The van der Waals surface area contributed by atoms with Gasteiger partial charge in [0.25, 0.3) is 0 Å². The van der Waals surface area contributed by atoms with Gasteiger partial charge in [-0.25, -0.2) is 9.98 Å². The number of halogens is 2. The highest BCUT2D eigenvalue weighted by atomic mass is 35.5. The van der Waals surface area contributed by atoms with E-state index in [-0.39, 0.29) is 0 Å². The number of guanidine groups is 1. The molecule has 7 nitrogen and oxygen atoms in total. The van der Waals surface area contributed by atoms with Gasteiger partial charge in [-0.05, 0) is 24.1 Å². The topological polar surface area (TPSA) is 69.0 Å². The average Bonchev–Trinajstić information content (AvgIpc) is 2.76. The van der Waals surface area contributed by atoms with Crippen LogP contribution in [-0.4, -0.2) is 55.6 Å². The fourth-order valence-electron chi connectivity index (χ4n) is 3.41. The first-order valence-corrected chi connectivity index (χ1v) is 11.9. The van der Waals surface area contributed by atoms with Gasteiger partial charge in [-0.2, -0.15) is 4.98 Å². The van der Waals surface area contributed by atoms with E-state index in [1.165, 1.54) is 11.3 Å². The number of benzene rings is 1. The van der Waals surface area contributed by atoms with E-state index in [9.17, 15) is 0 Å². The Morgan fingerprint density at radius 2 is 1.78 bits per heavy atom. The molecule has 0 amide bonds. The van der Waals surface area contributed by atoms with Gasteiger partial charge >= 0.3 is 0 Å². The standard InChI is InChI=1S/C22H25Cl2N7S/c1-6-11-25-18-16-14(12-7-9-13(23)10-8-12)15-17(24)26-21(30(2)3)28-19(15)32-20(16)29-22(27-18)31(4)5/h7-10,17H,6,11H2,1-5H3,(H,26,28). The number of anilines is 2. The summed E-state index contributed by atoms with van der Waals surface area (Å²) < 4.78 is 0. The Morgan fingerprint density at radius 1 is 1.06 bits per heavy atom. The maximum Gasteiger partial charge on any atom is 0.228 e. The van der Waals surface area contributed by atoms with Crippen molar-refractivity contribution in [2.24, 2.45) is 9.98 Å². The Labute approximate surface area is 201 Å². The molecule has 1 atom stereocenters. The number of nitrogens with zero attached hydrogens (tertiary/aromatic N) is 6. The van der Waals surface area contributed by atoms with Gasteiger partial charge in [-0.1, -0.05) is 53.6 Å². The second-order valence-electron chi connectivity index (χ2n) is 7.84. The van der Waals surface area contributed by atoms with Crippen LogP contribution in [0.1, 0.15) is 24.4 Å². The lowest BCUT2D eigenvalue weighted by molar-refractivity contribution is 0.612. The van der Waals surface area contributed by atoms with Crippen molar-refractivity contribution >= 4 is 51.4 Å². The highest BCUT2D eigenvalue weighted by Crippen LogP contribution is 2.48. The molecule has 1 unspecified atom stereocenters. The molecule has 0 bridgehead atoms. The maximum absolute atomic E-state index is 6.86. The maximum atomic E-state index is 6.86. The molecular formula is C22H25Cl2N7S. The summed E-state index contributed by atoms with van der Waals surface area (Å²) in [6.07, 6.45) is 0.920. The van der Waals surface area contributed by atoms with Crippen LogP contribution in [0.25, 0.3) is 21.7 Å². The van der Waals surface area contributed by atoms with Gasteiger partial charge in [0.15, 0.2) is 16.9 Å². The first-order valence-electron chi connectivity index (χ1n) is 10.3. The molecule has 3 aliphatic rings. The van der Waals surface area contributed by atoms with Gasteiger partial charge in [0.1, 0.15) is 10.0 Å². The number of alkyl halides is 1. The zero-order valence-corrected chi connectivity index (χ0v) is 21.0. The van der Waals surface area contributed by atoms with E-state index in [0.29, 0.717) is 29.0 Å². The van der Waals surface area contributed by atoms with E-state index in [0.717, 1.165) is 38.7 Å². The third kappa shape index (κ3) is 4.27. The summed E-state index contributed by atoms with van der Waals surface area (Å²) in [7, 11) is 7.72. The summed E-state index contributed by atoms with van der Waals surface area (Å²) in [4.78, 5) is 22.9. The van der Waals surface area contributed by atoms with Crippen molar-refractivity contribution in [3.8, 4) is 21.7 Å². The monoisotopic (exact) mass is 489 g/mol. The van der Waals surface area contributed by atoms with Crippen molar-refractivity contribution in [1.29, 1.82) is 0 Å². The Kier molecular flexibility index (Phi) is 6.55. The number of aliphatic imine (C=N–C) groups is 1. The average molecular weight is 490 g/mol. The zero-order valence-electron chi connectivity index (χ0n) is 18.6. The molecule has 0 spiro atoms. The summed E-state index contributed by atoms with van der Waals surface area (Å²) in [6, 6.07) is 7.72. The minimum absolute atomic E-state index is 0.567. The van der Waals surface area contributed by atoms with E-state index in [1.54, 1.807) is 0 Å². The lowest BCUT2D eigenvalue weighted by atomic mass is 9.96. The molecular weight excluding hydrogens is 465 g/mol. The zero-order chi connectivity index (χ0) is 23.0. The van der Waals surface area contributed by atoms with E-state index in [4.69, 9.17) is 38.2 Å². The number of hydrogen-bond donors (Lipinski definition) is 1. The molecule has 0 radical (unpaired) electrons. The van der Waals surface area contributed by atoms with Crippen LogP contribution in [0, 0.1) is 0 Å². The number of fused-ring (bicyclic) bond motifs is 2. The Bertz CT molecular complexity index is 1200. The molecule has 1 N–H and O–H groups in total. The van der Waals surface area contributed by atoms with E-state index < -0.39 is 5.50 Å². The SMILES string of the molecule is CCCN=c1nc(N(C)C)nc2sc3c(c(-c4ccc(Cl)cc4)c1-2)C(Cl)N=C(N(C)C)N3. The largest absolute Gasteiger partial charge is 0.349 e. The van der Waals surface area contributed by atoms with E-state index >= 15 is 0 Å². The minimum atomic E-state index is -0.567. The number of aromatic nitrogens is 2. The molecule has 3 aliphatic heterocycles. The molecule has 0 saturated carbocycles. The fourth-order valence-corrected chi connectivity index (χ4v) is 5.00. The van der Waals surface area contributed by atoms with E-state index in [1.807, 2.05) is 62.3 Å². The molecule has 168 valence electrons. The van der Waals surface area contributed by atoms with Crippen molar-refractivity contribution in [2.75, 3.05) is 45.0 Å². The van der Waals surface area contributed by atoms with Crippen molar-refractivity contribution in [3.05, 3.63) is 40.3 Å². The lowest BCUT2D eigenvalue weighted by Crippen LogP contribution is -2.33. The second-order valence-corrected chi connectivity index (χ2v) is 9.69. The van der Waals surface area contributed by atoms with Crippen LogP contribution in [0.4, 0.5) is 10.9 Å². The van der Waals surface area contributed by atoms with Crippen LogP contribution in [-0.2, 0) is 0 Å². The minimum Gasteiger partial charge on any atom is -0.349 e. The molecule has 10 heteroatoms. The summed E-state index contributed by atoms with van der Waals surface area (Å²) in [5.74, 6) is 1.32. The van der Waals surface area contributed by atoms with Gasteiger partial charge in [-0.3, -0.25) is 4.99 Å². The van der Waals surface area contributed by atoms with Gasteiger partial charge < -0.3 is 15.1 Å². The molecule has 3 heterocycles. The molecule has 0 aromatic heterocycles. The highest BCUT2D eigenvalue weighted by molar-refractivity contribution is 7.19. The van der Waals surface area contributed by atoms with Crippen molar-refractivity contribution in [1.82, 2.24) is 14.9 Å². The Hall–Kier alpha value is -2.42. The molecule has 1 aromatic rings. The van der Waals surface area contributed by atoms with Gasteiger partial charge in [0.2, 0.25) is 5.95 Å². The quantitative estimate of drug-likeness (QED) is 0.415.